The molecule has 45 heavy (non-hydrogen) atoms. The zero-order chi connectivity index (χ0) is 32.8. The van der Waals surface area contributed by atoms with Crippen LogP contribution in [0, 0.1) is 0 Å². The van der Waals surface area contributed by atoms with Gasteiger partial charge in [0.05, 0.1) is 24.1 Å². The lowest BCUT2D eigenvalue weighted by Crippen LogP contribution is -2.67. The number of methoxy groups -OCH3 is 1. The Morgan fingerprint density at radius 2 is 1.47 bits per heavy atom. The number of amides is 1. The lowest BCUT2D eigenvalue weighted by Gasteiger charge is -2.47. The number of nitrogens with two attached hydrogens (primary N) is 1. The van der Waals surface area contributed by atoms with Crippen LogP contribution in [0.1, 0.15) is 33.3 Å². The molecule has 0 bridgehead atoms. The molecule has 2 aromatic rings. The Kier molecular flexibility index (Phi) is 10.2. The number of aliphatic imine (C=N–C) groups is 1. The Morgan fingerprint density at radius 3 is 2.07 bits per heavy atom. The van der Waals surface area contributed by atoms with E-state index < -0.39 is 67.0 Å². The monoisotopic (exact) mass is 623 g/mol. The van der Waals surface area contributed by atoms with Crippen LogP contribution in [-0.4, -0.2) is 80.0 Å². The first-order valence-electron chi connectivity index (χ1n) is 13.8. The van der Waals surface area contributed by atoms with Crippen molar-refractivity contribution in [2.75, 3.05) is 18.6 Å². The van der Waals surface area contributed by atoms with Crippen molar-refractivity contribution in [1.29, 1.82) is 0 Å². The lowest BCUT2D eigenvalue weighted by atomic mass is 9.95. The van der Waals surface area contributed by atoms with E-state index in [1.807, 2.05) is 0 Å². The molecular weight excluding hydrogens is 590 g/mol. The van der Waals surface area contributed by atoms with Crippen molar-refractivity contribution in [3.63, 3.8) is 0 Å². The highest BCUT2D eigenvalue weighted by molar-refractivity contribution is 6.29. The number of amidine groups is 1. The van der Waals surface area contributed by atoms with Crippen LogP contribution in [0.3, 0.4) is 0 Å². The van der Waals surface area contributed by atoms with Gasteiger partial charge in [-0.15, -0.1) is 0 Å². The smallest absolute Gasteiger partial charge is 0.303 e. The van der Waals surface area contributed by atoms with Gasteiger partial charge in [0.25, 0.3) is 5.91 Å². The molecule has 0 aliphatic carbocycles. The van der Waals surface area contributed by atoms with E-state index in [4.69, 9.17) is 34.2 Å². The van der Waals surface area contributed by atoms with Crippen molar-refractivity contribution in [3.8, 4) is 5.75 Å². The van der Waals surface area contributed by atoms with Crippen LogP contribution in [0.15, 0.2) is 59.1 Å². The van der Waals surface area contributed by atoms with Crippen LogP contribution < -0.4 is 15.4 Å². The molecule has 14 nitrogen and oxygen atoms in total. The summed E-state index contributed by atoms with van der Waals surface area (Å²) in [7, 11) is 1.52. The predicted molar refractivity (Wildman–Crippen MR) is 158 cm³/mol. The van der Waals surface area contributed by atoms with Crippen molar-refractivity contribution < 1.29 is 52.4 Å². The number of ether oxygens (including phenoxy) is 6. The molecule has 5 atom stereocenters. The highest BCUT2D eigenvalue weighted by Gasteiger charge is 2.55. The van der Waals surface area contributed by atoms with E-state index in [1.54, 1.807) is 48.5 Å². The fourth-order valence-corrected chi connectivity index (χ4v) is 4.97. The van der Waals surface area contributed by atoms with Gasteiger partial charge in [-0.3, -0.25) is 28.9 Å². The number of benzene rings is 2. The van der Waals surface area contributed by atoms with Crippen molar-refractivity contribution in [3.05, 3.63) is 59.7 Å². The molecule has 2 aliphatic rings. The Morgan fingerprint density at radius 1 is 0.867 bits per heavy atom. The van der Waals surface area contributed by atoms with Gasteiger partial charge in [0.2, 0.25) is 0 Å². The standard InChI is InChI=1S/C31H33N3O11/c1-16(35)41-15-25-26(42-17(2)36)27(43-18(3)37)28(44-19(4)38)31(45-25)34-24-9-7-6-8-23(24)33-29(32)22(30(34)39)14-20-10-12-21(40-5)13-11-20/h6-14,25-28,31H,15H2,1-5H3,(H2,32,33)/b22-14-. The first-order chi connectivity index (χ1) is 21.4. The molecule has 2 N–H and O–H groups in total. The number of esters is 4. The third kappa shape index (κ3) is 7.65. The third-order valence-electron chi connectivity index (χ3n) is 6.75. The van der Waals surface area contributed by atoms with E-state index in [9.17, 15) is 24.0 Å². The van der Waals surface area contributed by atoms with Gasteiger partial charge in [-0.2, -0.15) is 0 Å². The largest absolute Gasteiger partial charge is 0.497 e. The van der Waals surface area contributed by atoms with Crippen molar-refractivity contribution in [2.24, 2.45) is 10.7 Å². The lowest BCUT2D eigenvalue weighted by molar-refractivity contribution is -0.251. The number of nitrogens with zero attached hydrogens (tertiary/aromatic N) is 2. The highest BCUT2D eigenvalue weighted by Crippen LogP contribution is 2.39. The van der Waals surface area contributed by atoms with Crippen LogP contribution in [0.2, 0.25) is 0 Å². The van der Waals surface area contributed by atoms with Crippen molar-refractivity contribution in [1.82, 2.24) is 0 Å². The van der Waals surface area contributed by atoms with Gasteiger partial charge in [0.15, 0.2) is 24.5 Å². The Hall–Kier alpha value is -5.24. The summed E-state index contributed by atoms with van der Waals surface area (Å²) in [6.07, 6.45) is -5.73. The van der Waals surface area contributed by atoms with Gasteiger partial charge in [0, 0.05) is 27.7 Å². The maximum atomic E-state index is 14.5. The summed E-state index contributed by atoms with van der Waals surface area (Å²) in [6, 6.07) is 13.3. The molecule has 5 unspecified atom stereocenters. The topological polar surface area (TPSA) is 182 Å². The maximum Gasteiger partial charge on any atom is 0.303 e. The molecule has 0 spiro atoms. The Bertz CT molecular complexity index is 1540. The number of carbonyl (C=O) groups excluding carboxylic acids is 5. The van der Waals surface area contributed by atoms with Crippen LogP contribution in [0.25, 0.3) is 6.08 Å². The van der Waals surface area contributed by atoms with Gasteiger partial charge >= 0.3 is 23.9 Å². The van der Waals surface area contributed by atoms with E-state index in [-0.39, 0.29) is 22.8 Å². The Balaban J connectivity index is 1.91. The van der Waals surface area contributed by atoms with Gasteiger partial charge < -0.3 is 34.2 Å². The van der Waals surface area contributed by atoms with Gasteiger partial charge in [-0.25, -0.2) is 4.99 Å². The SMILES string of the molecule is COc1ccc(/C=C2\C(=O)N(C3OC(COC(C)=O)C(OC(C)=O)C(OC(C)=O)C3OC(C)=O)c3ccccc3N=C2N)cc1. The molecular formula is C31H33N3O11. The average molecular weight is 624 g/mol. The second kappa shape index (κ2) is 14.0. The highest BCUT2D eigenvalue weighted by atomic mass is 16.7. The van der Waals surface area contributed by atoms with Crippen LogP contribution in [-0.2, 0) is 47.7 Å². The minimum absolute atomic E-state index is 0.0378. The molecule has 14 heteroatoms. The van der Waals surface area contributed by atoms with Gasteiger partial charge in [-0.05, 0) is 35.9 Å². The fraction of sp³-hybridized carbons (Fsp3) is 0.355. The summed E-state index contributed by atoms with van der Waals surface area (Å²) < 4.78 is 33.4. The number of hydrogen-bond donors (Lipinski definition) is 1. The quantitative estimate of drug-likeness (QED) is 0.257. The summed E-state index contributed by atoms with van der Waals surface area (Å²) in [6.45, 7) is 4.04. The fourth-order valence-electron chi connectivity index (χ4n) is 4.97. The summed E-state index contributed by atoms with van der Waals surface area (Å²) >= 11 is 0. The van der Waals surface area contributed by atoms with E-state index in [1.165, 1.54) is 18.1 Å². The number of carbonyl (C=O) groups is 5. The molecule has 1 amide bonds. The van der Waals surface area contributed by atoms with E-state index in [0.29, 0.717) is 11.3 Å². The molecule has 1 fully saturated rings. The van der Waals surface area contributed by atoms with Crippen LogP contribution in [0.4, 0.5) is 11.4 Å². The molecule has 0 radical (unpaired) electrons. The zero-order valence-corrected chi connectivity index (χ0v) is 25.3. The number of fused-ring (bicyclic) bond motifs is 1. The van der Waals surface area contributed by atoms with E-state index in [2.05, 4.69) is 4.99 Å². The number of rotatable bonds is 8. The molecule has 2 aliphatic heterocycles. The molecule has 238 valence electrons. The number of anilines is 1. The number of para-hydroxylation sites is 2. The first kappa shape index (κ1) is 32.7. The summed E-state index contributed by atoms with van der Waals surface area (Å²) in [5, 5.41) is 0. The Labute approximate surface area is 258 Å². The predicted octanol–water partition coefficient (Wildman–Crippen LogP) is 2.20. The third-order valence-corrected chi connectivity index (χ3v) is 6.75. The minimum atomic E-state index is -1.54. The summed E-state index contributed by atoms with van der Waals surface area (Å²) in [5.41, 5.74) is 7.41. The maximum absolute atomic E-state index is 14.5. The summed E-state index contributed by atoms with van der Waals surface area (Å²) in [4.78, 5) is 68.9. The zero-order valence-electron chi connectivity index (χ0n) is 25.3. The van der Waals surface area contributed by atoms with Crippen molar-refractivity contribution >= 4 is 53.1 Å². The number of hydrogen-bond acceptors (Lipinski definition) is 13. The van der Waals surface area contributed by atoms with Crippen LogP contribution in [0.5, 0.6) is 5.75 Å². The average Bonchev–Trinajstić information content (AvgIpc) is 3.07. The normalized spacial score (nSPS) is 23.6. The minimum Gasteiger partial charge on any atom is -0.497 e. The first-order valence-corrected chi connectivity index (χ1v) is 13.8. The molecule has 0 saturated carbocycles. The van der Waals surface area contributed by atoms with Gasteiger partial charge in [-0.1, -0.05) is 24.3 Å². The van der Waals surface area contributed by atoms with Crippen LogP contribution >= 0.6 is 0 Å². The van der Waals surface area contributed by atoms with E-state index in [0.717, 1.165) is 27.7 Å². The molecule has 0 aromatic heterocycles. The van der Waals surface area contributed by atoms with E-state index >= 15 is 0 Å². The molecule has 4 rings (SSSR count). The molecule has 2 heterocycles. The summed E-state index contributed by atoms with van der Waals surface area (Å²) in [5.74, 6) is -3.31. The van der Waals surface area contributed by atoms with Gasteiger partial charge in [0.1, 0.15) is 24.3 Å². The molecule has 2 aromatic carbocycles. The second-order valence-corrected chi connectivity index (χ2v) is 10.1. The van der Waals surface area contributed by atoms with Crippen molar-refractivity contribution in [2.45, 2.75) is 58.3 Å². The molecule has 1 saturated heterocycles. The second-order valence-electron chi connectivity index (χ2n) is 10.1.